The Kier molecular flexibility index (Phi) is 7.70. The summed E-state index contributed by atoms with van der Waals surface area (Å²) < 4.78 is 16.1. The molecule has 0 unspecified atom stereocenters. The molecule has 0 aliphatic carbocycles. The predicted molar refractivity (Wildman–Crippen MR) is 76.5 cm³/mol. The van der Waals surface area contributed by atoms with Crippen LogP contribution in [-0.4, -0.2) is 28.3 Å². The van der Waals surface area contributed by atoms with Crippen molar-refractivity contribution in [1.29, 1.82) is 0 Å². The number of carbonyl (C=O) groups excluding carboxylic acids is 1. The summed E-state index contributed by atoms with van der Waals surface area (Å²) in [7, 11) is -4.20. The lowest BCUT2D eigenvalue weighted by molar-refractivity contribution is -0.117. The average Bonchev–Trinajstić information content (AvgIpc) is 2.37. The number of unbranched alkanes of at least 4 members (excludes halogenated alkanes) is 2. The van der Waals surface area contributed by atoms with Gasteiger partial charge < -0.3 is 14.5 Å². The molecule has 5 nitrogen and oxygen atoms in total. The summed E-state index contributed by atoms with van der Waals surface area (Å²) in [5.74, 6) is -0.372. The number of benzene rings is 1. The molecule has 1 aromatic rings. The lowest BCUT2D eigenvalue weighted by Gasteiger charge is -2.05. The highest BCUT2D eigenvalue weighted by atomic mass is 31.2. The van der Waals surface area contributed by atoms with Gasteiger partial charge in [0, 0.05) is 13.0 Å². The quantitative estimate of drug-likeness (QED) is 0.512. The third-order valence-corrected chi connectivity index (χ3v) is 3.50. The van der Waals surface area contributed by atoms with Crippen molar-refractivity contribution in [3.8, 4) is 0 Å². The molecule has 0 aliphatic rings. The maximum atomic E-state index is 11.2. The summed E-state index contributed by atoms with van der Waals surface area (Å²) >= 11 is 0. The van der Waals surface area contributed by atoms with Gasteiger partial charge in [-0.2, -0.15) is 0 Å². The summed E-state index contributed by atoms with van der Waals surface area (Å²) in [6.07, 6.45) is 1.90. The third kappa shape index (κ3) is 8.99. The normalized spacial score (nSPS) is 11.5. The molecule has 0 amide bonds. The number of rotatable bonds is 10. The van der Waals surface area contributed by atoms with E-state index in [0.717, 1.165) is 18.4 Å². The summed E-state index contributed by atoms with van der Waals surface area (Å²) in [6, 6.07) is 9.89. The lowest BCUT2D eigenvalue weighted by Crippen LogP contribution is -2.05. The van der Waals surface area contributed by atoms with Crippen molar-refractivity contribution >= 4 is 13.4 Å². The molecule has 0 heterocycles. The van der Waals surface area contributed by atoms with Crippen LogP contribution in [0.25, 0.3) is 0 Å². The van der Waals surface area contributed by atoms with Gasteiger partial charge in [0.2, 0.25) is 0 Å². The van der Waals surface area contributed by atoms with Gasteiger partial charge in [-0.25, -0.2) is 0 Å². The standard InChI is InChI=1S/C14H21O5P/c15-14(12-20(16,17)18)9-5-2-6-10-19-11-13-7-3-1-4-8-13/h1,3-4,7-8H,2,5-6,9-12H2,(H2,16,17,18). The summed E-state index contributed by atoms with van der Waals surface area (Å²) in [6.45, 7) is 1.21. The second-order valence-corrected chi connectivity index (χ2v) is 6.36. The van der Waals surface area contributed by atoms with Crippen LogP contribution in [0.4, 0.5) is 0 Å². The molecule has 1 aromatic carbocycles. The van der Waals surface area contributed by atoms with E-state index in [4.69, 9.17) is 14.5 Å². The zero-order chi connectivity index (χ0) is 14.8. The number of carbonyl (C=O) groups is 1. The molecule has 0 aliphatic heterocycles. The molecule has 0 bridgehead atoms. The fourth-order valence-electron chi connectivity index (χ4n) is 1.78. The van der Waals surface area contributed by atoms with Crippen LogP contribution in [0.2, 0.25) is 0 Å². The Hall–Kier alpha value is -1.00. The Morgan fingerprint density at radius 1 is 1.10 bits per heavy atom. The summed E-state index contributed by atoms with van der Waals surface area (Å²) in [4.78, 5) is 28.5. The van der Waals surface area contributed by atoms with E-state index in [1.165, 1.54) is 0 Å². The molecule has 2 N–H and O–H groups in total. The number of hydrogen-bond donors (Lipinski definition) is 2. The van der Waals surface area contributed by atoms with Crippen molar-refractivity contribution in [3.05, 3.63) is 35.9 Å². The van der Waals surface area contributed by atoms with Crippen molar-refractivity contribution < 1.29 is 23.9 Å². The molecule has 1 rings (SSSR count). The van der Waals surface area contributed by atoms with Gasteiger partial charge in [-0.3, -0.25) is 9.36 Å². The van der Waals surface area contributed by atoms with Crippen LogP contribution in [0.3, 0.4) is 0 Å². The van der Waals surface area contributed by atoms with Gasteiger partial charge in [0.25, 0.3) is 0 Å². The molecule has 0 spiro atoms. The Morgan fingerprint density at radius 3 is 2.45 bits per heavy atom. The zero-order valence-corrected chi connectivity index (χ0v) is 12.3. The Labute approximate surface area is 119 Å². The van der Waals surface area contributed by atoms with Crippen LogP contribution in [0.1, 0.15) is 31.2 Å². The van der Waals surface area contributed by atoms with Gasteiger partial charge in [-0.05, 0) is 18.4 Å². The maximum Gasteiger partial charge on any atom is 0.332 e. The van der Waals surface area contributed by atoms with Gasteiger partial charge in [-0.15, -0.1) is 0 Å². The topological polar surface area (TPSA) is 83.8 Å². The lowest BCUT2D eigenvalue weighted by atomic mass is 10.1. The molecule has 0 aromatic heterocycles. The predicted octanol–water partition coefficient (Wildman–Crippen LogP) is 2.51. The fraction of sp³-hybridized carbons (Fsp3) is 0.500. The SMILES string of the molecule is O=C(CCCCCOCc1ccccc1)CP(=O)(O)O. The van der Waals surface area contributed by atoms with Crippen LogP contribution >= 0.6 is 7.60 Å². The number of ketones is 1. The molecule has 112 valence electrons. The van der Waals surface area contributed by atoms with E-state index in [1.807, 2.05) is 30.3 Å². The monoisotopic (exact) mass is 300 g/mol. The van der Waals surface area contributed by atoms with E-state index in [1.54, 1.807) is 0 Å². The number of Topliss-reactive ketones (excluding diaryl/α,β-unsaturated/α-hetero) is 1. The van der Waals surface area contributed by atoms with E-state index in [0.29, 0.717) is 19.6 Å². The van der Waals surface area contributed by atoms with Gasteiger partial charge in [0.1, 0.15) is 11.9 Å². The average molecular weight is 300 g/mol. The van der Waals surface area contributed by atoms with Crippen LogP contribution in [-0.2, 0) is 20.7 Å². The first-order chi connectivity index (χ1) is 9.47. The molecule has 6 heteroatoms. The van der Waals surface area contributed by atoms with Crippen molar-refractivity contribution in [2.24, 2.45) is 0 Å². The van der Waals surface area contributed by atoms with E-state index in [2.05, 4.69) is 0 Å². The minimum atomic E-state index is -4.20. The molecule has 0 radical (unpaired) electrons. The van der Waals surface area contributed by atoms with E-state index in [9.17, 15) is 9.36 Å². The van der Waals surface area contributed by atoms with Gasteiger partial charge in [0.15, 0.2) is 0 Å². The molecule has 0 atom stereocenters. The van der Waals surface area contributed by atoms with Crippen molar-refractivity contribution in [2.45, 2.75) is 32.3 Å². The van der Waals surface area contributed by atoms with Crippen LogP contribution in [0, 0.1) is 0 Å². The van der Waals surface area contributed by atoms with E-state index >= 15 is 0 Å². The number of hydrogen-bond acceptors (Lipinski definition) is 3. The van der Waals surface area contributed by atoms with Crippen molar-refractivity contribution in [1.82, 2.24) is 0 Å². The van der Waals surface area contributed by atoms with Crippen LogP contribution in [0.15, 0.2) is 30.3 Å². The molecule has 0 saturated carbocycles. The van der Waals surface area contributed by atoms with Gasteiger partial charge in [-0.1, -0.05) is 36.8 Å². The molecule has 20 heavy (non-hydrogen) atoms. The van der Waals surface area contributed by atoms with Crippen molar-refractivity contribution in [3.63, 3.8) is 0 Å². The van der Waals surface area contributed by atoms with Crippen LogP contribution < -0.4 is 0 Å². The second-order valence-electron chi connectivity index (χ2n) is 4.71. The van der Waals surface area contributed by atoms with Gasteiger partial charge in [0.05, 0.1) is 6.61 Å². The highest BCUT2D eigenvalue weighted by Crippen LogP contribution is 2.34. The summed E-state index contributed by atoms with van der Waals surface area (Å²) in [5, 5.41) is 0. The van der Waals surface area contributed by atoms with Crippen LogP contribution in [0.5, 0.6) is 0 Å². The molecular weight excluding hydrogens is 279 g/mol. The molecule has 0 saturated heterocycles. The largest absolute Gasteiger partial charge is 0.377 e. The third-order valence-electron chi connectivity index (χ3n) is 2.74. The Morgan fingerprint density at radius 2 is 1.80 bits per heavy atom. The maximum absolute atomic E-state index is 11.2. The van der Waals surface area contributed by atoms with Crippen molar-refractivity contribution in [2.75, 3.05) is 12.8 Å². The first-order valence-corrected chi connectivity index (χ1v) is 8.45. The smallest absolute Gasteiger partial charge is 0.332 e. The Balaban J connectivity index is 1.97. The highest BCUT2D eigenvalue weighted by molar-refractivity contribution is 7.52. The van der Waals surface area contributed by atoms with E-state index < -0.39 is 13.8 Å². The highest BCUT2D eigenvalue weighted by Gasteiger charge is 2.18. The first-order valence-electron chi connectivity index (χ1n) is 6.65. The fourth-order valence-corrected chi connectivity index (χ4v) is 2.39. The first kappa shape index (κ1) is 17.1. The second kappa shape index (κ2) is 9.03. The zero-order valence-electron chi connectivity index (χ0n) is 11.4. The summed E-state index contributed by atoms with van der Waals surface area (Å²) in [5.41, 5.74) is 1.13. The van der Waals surface area contributed by atoms with E-state index in [-0.39, 0.29) is 12.2 Å². The Bertz CT molecular complexity index is 440. The minimum Gasteiger partial charge on any atom is -0.377 e. The molecular formula is C14H21O5P. The van der Waals surface area contributed by atoms with Gasteiger partial charge >= 0.3 is 7.60 Å². The molecule has 0 fully saturated rings. The minimum absolute atomic E-state index is 0.226. The number of ether oxygens (including phenoxy) is 1.